The zero-order valence-electron chi connectivity index (χ0n) is 10.9. The molecule has 2 heterocycles. The molecule has 1 atom stereocenters. The Bertz CT molecular complexity index is 326. The van der Waals surface area contributed by atoms with Gasteiger partial charge in [-0.1, -0.05) is 20.3 Å². The fraction of sp³-hybridized carbons (Fsp3) is 0.714. The van der Waals surface area contributed by atoms with Crippen LogP contribution in [-0.2, 0) is 6.42 Å². The number of hydrogen-bond donors (Lipinski definition) is 1. The maximum absolute atomic E-state index is 4.45. The molecule has 1 unspecified atom stereocenters. The molecule has 0 aromatic carbocycles. The van der Waals surface area contributed by atoms with E-state index in [1.165, 1.54) is 37.8 Å². The Kier molecular flexibility index (Phi) is 4.49. The normalized spacial score (nSPS) is 20.8. The first-order valence-electron chi connectivity index (χ1n) is 6.80. The quantitative estimate of drug-likeness (QED) is 0.869. The van der Waals surface area contributed by atoms with Gasteiger partial charge in [0.25, 0.3) is 0 Å². The number of piperidine rings is 1. The minimum atomic E-state index is 0.518. The lowest BCUT2D eigenvalue weighted by atomic mass is 10.0. The molecule has 0 bridgehead atoms. The van der Waals surface area contributed by atoms with Crippen LogP contribution in [0.2, 0.25) is 0 Å². The molecule has 0 saturated carbocycles. The van der Waals surface area contributed by atoms with E-state index in [1.807, 2.05) is 12.4 Å². The lowest BCUT2D eigenvalue weighted by Gasteiger charge is -2.22. The fourth-order valence-electron chi connectivity index (χ4n) is 2.27. The third-order valence-corrected chi connectivity index (χ3v) is 3.52. The van der Waals surface area contributed by atoms with Gasteiger partial charge < -0.3 is 5.32 Å². The molecule has 0 spiro atoms. The first kappa shape index (κ1) is 12.5. The van der Waals surface area contributed by atoms with Gasteiger partial charge in [0, 0.05) is 24.9 Å². The van der Waals surface area contributed by atoms with E-state index >= 15 is 0 Å². The molecule has 0 radical (unpaired) electrons. The molecule has 1 aliphatic heterocycles. The molecule has 1 saturated heterocycles. The summed E-state index contributed by atoms with van der Waals surface area (Å²) in [6.07, 6.45) is 10.1. The van der Waals surface area contributed by atoms with Crippen molar-refractivity contribution in [2.75, 3.05) is 6.54 Å². The molecule has 94 valence electrons. The van der Waals surface area contributed by atoms with Crippen molar-refractivity contribution in [3.8, 4) is 0 Å². The maximum Gasteiger partial charge on any atom is 0.128 e. The highest BCUT2D eigenvalue weighted by Crippen LogP contribution is 2.14. The molecule has 3 nitrogen and oxygen atoms in total. The Hall–Kier alpha value is -0.960. The van der Waals surface area contributed by atoms with Crippen LogP contribution in [-0.4, -0.2) is 22.6 Å². The minimum absolute atomic E-state index is 0.518. The lowest BCUT2D eigenvalue weighted by molar-refractivity contribution is 0.380. The zero-order valence-corrected chi connectivity index (χ0v) is 10.9. The first-order valence-corrected chi connectivity index (χ1v) is 6.80. The van der Waals surface area contributed by atoms with E-state index in [1.54, 1.807) is 0 Å². The van der Waals surface area contributed by atoms with Gasteiger partial charge in [0.05, 0.1) is 0 Å². The largest absolute Gasteiger partial charge is 0.314 e. The van der Waals surface area contributed by atoms with Crippen molar-refractivity contribution >= 4 is 0 Å². The molecular weight excluding hydrogens is 210 g/mol. The van der Waals surface area contributed by atoms with E-state index in [0.717, 1.165) is 12.2 Å². The second-order valence-electron chi connectivity index (χ2n) is 5.27. The van der Waals surface area contributed by atoms with Crippen LogP contribution in [0.15, 0.2) is 12.4 Å². The second kappa shape index (κ2) is 6.10. The van der Waals surface area contributed by atoms with E-state index in [4.69, 9.17) is 0 Å². The lowest BCUT2D eigenvalue weighted by Crippen LogP contribution is -2.34. The van der Waals surface area contributed by atoms with Crippen molar-refractivity contribution in [3.63, 3.8) is 0 Å². The van der Waals surface area contributed by atoms with E-state index in [-0.39, 0.29) is 0 Å². The summed E-state index contributed by atoms with van der Waals surface area (Å²) in [5.41, 5.74) is 1.23. The Balaban J connectivity index is 1.82. The second-order valence-corrected chi connectivity index (χ2v) is 5.27. The molecular formula is C14H23N3. The van der Waals surface area contributed by atoms with Crippen molar-refractivity contribution in [2.45, 2.75) is 57.9 Å². The van der Waals surface area contributed by atoms with Gasteiger partial charge in [-0.25, -0.2) is 9.97 Å². The van der Waals surface area contributed by atoms with Gasteiger partial charge in [0.1, 0.15) is 5.82 Å². The molecule has 2 rings (SSSR count). The number of rotatable bonds is 4. The van der Waals surface area contributed by atoms with Crippen molar-refractivity contribution in [2.24, 2.45) is 0 Å². The predicted octanol–water partition coefficient (Wildman–Crippen LogP) is 2.67. The van der Waals surface area contributed by atoms with E-state index in [0.29, 0.717) is 12.0 Å². The third-order valence-electron chi connectivity index (χ3n) is 3.52. The minimum Gasteiger partial charge on any atom is -0.314 e. The number of aryl methyl sites for hydroxylation is 1. The maximum atomic E-state index is 4.45. The summed E-state index contributed by atoms with van der Waals surface area (Å²) in [6, 6.07) is 0.678. The smallest absolute Gasteiger partial charge is 0.128 e. The highest BCUT2D eigenvalue weighted by molar-refractivity contribution is 5.09. The molecule has 1 aromatic heterocycles. The summed E-state index contributed by atoms with van der Waals surface area (Å²) >= 11 is 0. The monoisotopic (exact) mass is 233 g/mol. The summed E-state index contributed by atoms with van der Waals surface area (Å²) in [7, 11) is 0. The first-order chi connectivity index (χ1) is 8.25. The zero-order chi connectivity index (χ0) is 12.1. The van der Waals surface area contributed by atoms with Crippen molar-refractivity contribution in [3.05, 3.63) is 23.8 Å². The van der Waals surface area contributed by atoms with Gasteiger partial charge in [0.2, 0.25) is 0 Å². The van der Waals surface area contributed by atoms with Crippen molar-refractivity contribution < 1.29 is 0 Å². The molecule has 0 aliphatic carbocycles. The van der Waals surface area contributed by atoms with Gasteiger partial charge in [-0.15, -0.1) is 0 Å². The van der Waals surface area contributed by atoms with E-state index < -0.39 is 0 Å². The number of nitrogens with zero attached hydrogens (tertiary/aromatic N) is 2. The standard InChI is InChI=1S/C14H23N3/c1-11(2)12-9-16-14(17-10-12)7-6-13-5-3-4-8-15-13/h9-11,13,15H,3-8H2,1-2H3. The number of aromatic nitrogens is 2. The summed E-state index contributed by atoms with van der Waals surface area (Å²) in [4.78, 5) is 8.89. The molecule has 17 heavy (non-hydrogen) atoms. The van der Waals surface area contributed by atoms with Crippen LogP contribution in [0.1, 0.15) is 56.8 Å². The molecule has 1 fully saturated rings. The van der Waals surface area contributed by atoms with Gasteiger partial charge in [0.15, 0.2) is 0 Å². The van der Waals surface area contributed by atoms with E-state index in [2.05, 4.69) is 29.1 Å². The molecule has 1 N–H and O–H groups in total. The van der Waals surface area contributed by atoms with Crippen LogP contribution >= 0.6 is 0 Å². The Labute approximate surface area is 104 Å². The van der Waals surface area contributed by atoms with Gasteiger partial charge in [-0.05, 0) is 37.3 Å². The SMILES string of the molecule is CC(C)c1cnc(CCC2CCCCN2)nc1. The third kappa shape index (κ3) is 3.77. The average Bonchev–Trinajstić information content (AvgIpc) is 2.38. The van der Waals surface area contributed by atoms with Crippen LogP contribution in [0.4, 0.5) is 0 Å². The van der Waals surface area contributed by atoms with Crippen LogP contribution in [0.3, 0.4) is 0 Å². The van der Waals surface area contributed by atoms with Crippen LogP contribution in [0.5, 0.6) is 0 Å². The Morgan fingerprint density at radius 3 is 2.65 bits per heavy atom. The summed E-state index contributed by atoms with van der Waals surface area (Å²) in [5, 5.41) is 3.56. The van der Waals surface area contributed by atoms with Crippen molar-refractivity contribution in [1.82, 2.24) is 15.3 Å². The molecule has 3 heteroatoms. The summed E-state index contributed by atoms with van der Waals surface area (Å²) in [6.45, 7) is 5.52. The number of nitrogens with one attached hydrogen (secondary N) is 1. The van der Waals surface area contributed by atoms with Crippen LogP contribution < -0.4 is 5.32 Å². The molecule has 1 aromatic rings. The average molecular weight is 233 g/mol. The van der Waals surface area contributed by atoms with Gasteiger partial charge in [-0.3, -0.25) is 0 Å². The Morgan fingerprint density at radius 1 is 1.29 bits per heavy atom. The molecule has 0 amide bonds. The topological polar surface area (TPSA) is 37.8 Å². The molecule has 1 aliphatic rings. The summed E-state index contributed by atoms with van der Waals surface area (Å²) in [5.74, 6) is 1.51. The van der Waals surface area contributed by atoms with Crippen molar-refractivity contribution in [1.29, 1.82) is 0 Å². The number of hydrogen-bond acceptors (Lipinski definition) is 3. The highest BCUT2D eigenvalue weighted by atomic mass is 14.9. The Morgan fingerprint density at radius 2 is 2.06 bits per heavy atom. The highest BCUT2D eigenvalue weighted by Gasteiger charge is 2.12. The van der Waals surface area contributed by atoms with Crippen LogP contribution in [0.25, 0.3) is 0 Å². The van der Waals surface area contributed by atoms with Gasteiger partial charge in [-0.2, -0.15) is 0 Å². The predicted molar refractivity (Wildman–Crippen MR) is 70.1 cm³/mol. The van der Waals surface area contributed by atoms with Gasteiger partial charge >= 0.3 is 0 Å². The van der Waals surface area contributed by atoms with Crippen LogP contribution in [0, 0.1) is 0 Å². The summed E-state index contributed by atoms with van der Waals surface area (Å²) < 4.78 is 0. The fourth-order valence-corrected chi connectivity index (χ4v) is 2.27. The van der Waals surface area contributed by atoms with E-state index in [9.17, 15) is 0 Å².